The van der Waals surface area contributed by atoms with E-state index < -0.39 is 5.97 Å². The van der Waals surface area contributed by atoms with E-state index in [0.29, 0.717) is 22.6 Å². The first-order valence-electron chi connectivity index (χ1n) is 7.40. The van der Waals surface area contributed by atoms with Crippen molar-refractivity contribution in [2.45, 2.75) is 20.8 Å². The number of hydrogen-bond acceptors (Lipinski definition) is 5. The van der Waals surface area contributed by atoms with E-state index in [-0.39, 0.29) is 5.78 Å². The van der Waals surface area contributed by atoms with Crippen LogP contribution in [0.25, 0.3) is 5.65 Å². The second-order valence-electron chi connectivity index (χ2n) is 4.82. The number of hydrogen-bond donors (Lipinski definition) is 0. The molecule has 0 amide bonds. The third-order valence-electron chi connectivity index (χ3n) is 2.98. The summed E-state index contributed by atoms with van der Waals surface area (Å²) in [7, 11) is 5.01. The van der Waals surface area contributed by atoms with Crippen LogP contribution >= 0.6 is 0 Å². The van der Waals surface area contributed by atoms with Gasteiger partial charge >= 0.3 is 5.97 Å². The van der Waals surface area contributed by atoms with E-state index in [0.717, 1.165) is 0 Å². The molecule has 23 heavy (non-hydrogen) atoms. The molecule has 0 saturated carbocycles. The molecule has 124 valence electrons. The summed E-state index contributed by atoms with van der Waals surface area (Å²) in [6.45, 7) is 5.77. The number of ether oxygens (including phenoxy) is 1. The lowest BCUT2D eigenvalue weighted by Gasteiger charge is -2.04. The number of carbonyl (C=O) groups is 2. The van der Waals surface area contributed by atoms with E-state index in [9.17, 15) is 9.59 Å². The average molecular weight is 317 g/mol. The van der Waals surface area contributed by atoms with Crippen LogP contribution in [0.4, 0.5) is 0 Å². The molecule has 0 aliphatic heterocycles. The smallest absolute Gasteiger partial charge is 0.338 e. The van der Waals surface area contributed by atoms with Gasteiger partial charge in [-0.05, 0) is 19.1 Å². The molecule has 0 aliphatic rings. The molecule has 6 heteroatoms. The van der Waals surface area contributed by atoms with Crippen LogP contribution in [0.15, 0.2) is 30.6 Å². The monoisotopic (exact) mass is 317 g/mol. The van der Waals surface area contributed by atoms with E-state index >= 15 is 0 Å². The molecule has 0 bridgehead atoms. The number of esters is 1. The molecule has 0 atom stereocenters. The molecule has 0 radical (unpaired) electrons. The van der Waals surface area contributed by atoms with Crippen LogP contribution in [0, 0.1) is 6.92 Å². The normalized spacial score (nSPS) is 10.3. The fourth-order valence-corrected chi connectivity index (χ4v) is 2.00. The number of aromatic nitrogens is 2. The highest BCUT2D eigenvalue weighted by Gasteiger charge is 2.16. The molecule has 0 aromatic carbocycles. The van der Waals surface area contributed by atoms with Crippen LogP contribution in [-0.4, -0.2) is 47.2 Å². The van der Waals surface area contributed by atoms with Crippen molar-refractivity contribution in [2.75, 3.05) is 21.2 Å². The SMILES string of the molecule is CC.COC(=O)c1ccn2c(C(=O)/C=C/N(C)C)c(C)nc2c1. The summed E-state index contributed by atoms with van der Waals surface area (Å²) in [4.78, 5) is 29.9. The molecule has 0 spiro atoms. The van der Waals surface area contributed by atoms with Gasteiger partial charge in [0.2, 0.25) is 5.78 Å². The van der Waals surface area contributed by atoms with Gasteiger partial charge in [-0.15, -0.1) is 0 Å². The van der Waals surface area contributed by atoms with Crippen LogP contribution < -0.4 is 0 Å². The van der Waals surface area contributed by atoms with Crippen LogP contribution in [0.3, 0.4) is 0 Å². The van der Waals surface area contributed by atoms with E-state index in [1.165, 1.54) is 13.2 Å². The Balaban J connectivity index is 0.00000127. The zero-order valence-corrected chi connectivity index (χ0v) is 14.5. The molecule has 2 rings (SSSR count). The van der Waals surface area contributed by atoms with E-state index in [2.05, 4.69) is 9.72 Å². The number of allylic oxidation sites excluding steroid dienone is 1. The third-order valence-corrected chi connectivity index (χ3v) is 2.98. The maximum Gasteiger partial charge on any atom is 0.338 e. The highest BCUT2D eigenvalue weighted by molar-refractivity contribution is 6.04. The summed E-state index contributed by atoms with van der Waals surface area (Å²) in [5, 5.41) is 0. The number of fused-ring (bicyclic) bond motifs is 1. The summed E-state index contributed by atoms with van der Waals surface area (Å²) >= 11 is 0. The third kappa shape index (κ3) is 4.18. The molecular weight excluding hydrogens is 294 g/mol. The molecule has 2 heterocycles. The van der Waals surface area contributed by atoms with Gasteiger partial charge in [0.05, 0.1) is 18.4 Å². The largest absolute Gasteiger partial charge is 0.465 e. The molecule has 0 saturated heterocycles. The zero-order valence-electron chi connectivity index (χ0n) is 14.5. The van der Waals surface area contributed by atoms with Crippen LogP contribution in [0.2, 0.25) is 0 Å². The Kier molecular flexibility index (Phi) is 6.50. The summed E-state index contributed by atoms with van der Waals surface area (Å²) in [5.74, 6) is -0.571. The first-order chi connectivity index (χ1) is 10.9. The summed E-state index contributed by atoms with van der Waals surface area (Å²) in [6.07, 6.45) is 4.83. The number of aryl methyl sites for hydroxylation is 1. The average Bonchev–Trinajstić information content (AvgIpc) is 2.88. The van der Waals surface area contributed by atoms with Crippen molar-refractivity contribution >= 4 is 17.4 Å². The molecule has 6 nitrogen and oxygen atoms in total. The van der Waals surface area contributed by atoms with Crippen molar-refractivity contribution in [3.05, 3.63) is 47.6 Å². The fourth-order valence-electron chi connectivity index (χ4n) is 2.00. The molecule has 2 aromatic heterocycles. The number of imidazole rings is 1. The van der Waals surface area contributed by atoms with Gasteiger partial charge in [-0.25, -0.2) is 9.78 Å². The minimum Gasteiger partial charge on any atom is -0.465 e. The van der Waals surface area contributed by atoms with Crippen molar-refractivity contribution in [3.63, 3.8) is 0 Å². The minimum atomic E-state index is -0.432. The van der Waals surface area contributed by atoms with Crippen molar-refractivity contribution in [1.82, 2.24) is 14.3 Å². The maximum absolute atomic E-state index is 12.3. The Morgan fingerprint density at radius 3 is 2.52 bits per heavy atom. The van der Waals surface area contributed by atoms with E-state index in [1.807, 2.05) is 27.9 Å². The minimum absolute atomic E-state index is 0.139. The highest BCUT2D eigenvalue weighted by atomic mass is 16.5. The fraction of sp³-hybridized carbons (Fsp3) is 0.353. The van der Waals surface area contributed by atoms with Crippen LogP contribution in [0.1, 0.15) is 40.4 Å². The number of carbonyl (C=O) groups excluding carboxylic acids is 2. The van der Waals surface area contributed by atoms with Gasteiger partial charge in [0, 0.05) is 32.6 Å². The van der Waals surface area contributed by atoms with Gasteiger partial charge < -0.3 is 9.64 Å². The molecule has 2 aromatic rings. The maximum atomic E-state index is 12.3. The Labute approximate surface area is 136 Å². The Morgan fingerprint density at radius 1 is 1.30 bits per heavy atom. The van der Waals surface area contributed by atoms with Crippen molar-refractivity contribution in [3.8, 4) is 0 Å². The predicted molar refractivity (Wildman–Crippen MR) is 89.8 cm³/mol. The van der Waals surface area contributed by atoms with Gasteiger partial charge in [0.25, 0.3) is 0 Å². The van der Waals surface area contributed by atoms with Crippen molar-refractivity contribution < 1.29 is 14.3 Å². The van der Waals surface area contributed by atoms with Gasteiger partial charge in [-0.1, -0.05) is 13.8 Å². The summed E-state index contributed by atoms with van der Waals surface area (Å²) in [5.41, 5.74) is 2.04. The zero-order chi connectivity index (χ0) is 17.6. The topological polar surface area (TPSA) is 63.9 Å². The number of pyridine rings is 1. The molecule has 0 unspecified atom stereocenters. The van der Waals surface area contributed by atoms with E-state index in [4.69, 9.17) is 0 Å². The lowest BCUT2D eigenvalue weighted by molar-refractivity contribution is 0.0600. The van der Waals surface area contributed by atoms with Gasteiger partial charge in [0.1, 0.15) is 11.3 Å². The number of ketones is 1. The van der Waals surface area contributed by atoms with Crippen LogP contribution in [-0.2, 0) is 4.74 Å². The Morgan fingerprint density at radius 2 is 1.96 bits per heavy atom. The second-order valence-corrected chi connectivity index (χ2v) is 4.82. The van der Waals surface area contributed by atoms with E-state index in [1.54, 1.807) is 40.8 Å². The quantitative estimate of drug-likeness (QED) is 0.493. The molecule has 0 N–H and O–H groups in total. The van der Waals surface area contributed by atoms with Crippen molar-refractivity contribution in [2.24, 2.45) is 0 Å². The summed E-state index contributed by atoms with van der Waals surface area (Å²) in [6, 6.07) is 3.21. The first-order valence-corrected chi connectivity index (χ1v) is 7.40. The number of nitrogens with zero attached hydrogens (tertiary/aromatic N) is 3. The number of methoxy groups -OCH3 is 1. The molecular formula is C17H23N3O3. The van der Waals surface area contributed by atoms with Gasteiger partial charge in [0.15, 0.2) is 0 Å². The first kappa shape index (κ1) is 18.4. The van der Waals surface area contributed by atoms with Crippen LogP contribution in [0.5, 0.6) is 0 Å². The Hall–Kier alpha value is -2.63. The Bertz CT molecular complexity index is 730. The lowest BCUT2D eigenvalue weighted by atomic mass is 10.2. The predicted octanol–water partition coefficient (Wildman–Crippen LogP) is 2.71. The summed E-state index contributed by atoms with van der Waals surface area (Å²) < 4.78 is 6.35. The van der Waals surface area contributed by atoms with Crippen molar-refractivity contribution in [1.29, 1.82) is 0 Å². The second kappa shape index (κ2) is 8.12. The lowest BCUT2D eigenvalue weighted by Crippen LogP contribution is -2.07. The molecule has 0 fully saturated rings. The van der Waals surface area contributed by atoms with Gasteiger partial charge in [-0.3, -0.25) is 9.20 Å². The number of rotatable bonds is 4. The highest BCUT2D eigenvalue weighted by Crippen LogP contribution is 2.15. The molecule has 0 aliphatic carbocycles. The van der Waals surface area contributed by atoms with Gasteiger partial charge in [-0.2, -0.15) is 0 Å². The standard InChI is InChI=1S/C15H17N3O3.C2H6/c1-10-14(12(19)6-7-17(2)3)18-8-5-11(15(20)21-4)9-13(18)16-10;1-2/h5-9H,1-4H3;1-2H3/b7-6+;.